The summed E-state index contributed by atoms with van der Waals surface area (Å²) in [6, 6.07) is 1.83. The third kappa shape index (κ3) is 3.71. The fraction of sp³-hybridized carbons (Fsp3) is 0.938. The predicted molar refractivity (Wildman–Crippen MR) is 79.0 cm³/mol. The van der Waals surface area contributed by atoms with Gasteiger partial charge in [-0.3, -0.25) is 4.79 Å². The molecule has 1 N–H and O–H groups in total. The van der Waals surface area contributed by atoms with Crippen molar-refractivity contribution in [3.05, 3.63) is 0 Å². The lowest BCUT2D eigenvalue weighted by Gasteiger charge is -2.38. The summed E-state index contributed by atoms with van der Waals surface area (Å²) in [4.78, 5) is 14.7. The van der Waals surface area contributed by atoms with Crippen LogP contribution >= 0.6 is 0 Å². The van der Waals surface area contributed by atoms with Gasteiger partial charge >= 0.3 is 0 Å². The molecule has 0 aromatic heterocycles. The highest BCUT2D eigenvalue weighted by atomic mass is 16.2. The minimum absolute atomic E-state index is 0.391. The fourth-order valence-corrected chi connectivity index (χ4v) is 3.59. The molecule has 2 rings (SSSR count). The van der Waals surface area contributed by atoms with Crippen LogP contribution in [0.25, 0.3) is 0 Å². The van der Waals surface area contributed by atoms with E-state index in [0.29, 0.717) is 30.0 Å². The monoisotopic (exact) mass is 266 g/mol. The highest BCUT2D eigenvalue weighted by molar-refractivity contribution is 5.76. The Morgan fingerprint density at radius 2 is 1.89 bits per heavy atom. The highest BCUT2D eigenvalue weighted by Crippen LogP contribution is 2.30. The Balaban J connectivity index is 1.96. The van der Waals surface area contributed by atoms with E-state index in [1.165, 1.54) is 25.7 Å². The predicted octanol–water partition coefficient (Wildman–Crippen LogP) is 2.94. The molecule has 0 aromatic rings. The number of hydrogen-bond acceptors (Lipinski definition) is 2. The zero-order valence-electron chi connectivity index (χ0n) is 12.8. The molecule has 0 radical (unpaired) electrons. The first-order valence-corrected chi connectivity index (χ1v) is 8.19. The van der Waals surface area contributed by atoms with Gasteiger partial charge in [0, 0.05) is 31.1 Å². The molecule has 0 aliphatic carbocycles. The van der Waals surface area contributed by atoms with E-state index < -0.39 is 0 Å². The van der Waals surface area contributed by atoms with Crippen LogP contribution in [0, 0.1) is 5.92 Å². The van der Waals surface area contributed by atoms with Crippen LogP contribution in [0.15, 0.2) is 0 Å². The molecule has 0 saturated carbocycles. The Hall–Kier alpha value is -0.570. The molecule has 2 fully saturated rings. The molecule has 3 atom stereocenters. The number of piperidine rings is 1. The summed E-state index contributed by atoms with van der Waals surface area (Å²) in [5.41, 5.74) is 0. The van der Waals surface area contributed by atoms with Crippen molar-refractivity contribution in [3.8, 4) is 0 Å². The molecule has 2 saturated heterocycles. The number of carbonyl (C=O) groups excluding carboxylic acids is 1. The van der Waals surface area contributed by atoms with E-state index in [2.05, 4.69) is 31.0 Å². The van der Waals surface area contributed by atoms with Gasteiger partial charge in [0.15, 0.2) is 0 Å². The van der Waals surface area contributed by atoms with Crippen LogP contribution in [0.1, 0.15) is 65.7 Å². The molecule has 2 bridgehead atoms. The van der Waals surface area contributed by atoms with Gasteiger partial charge in [-0.25, -0.2) is 0 Å². The van der Waals surface area contributed by atoms with Gasteiger partial charge in [-0.15, -0.1) is 0 Å². The second kappa shape index (κ2) is 6.74. The summed E-state index contributed by atoms with van der Waals surface area (Å²) >= 11 is 0. The Morgan fingerprint density at radius 3 is 2.42 bits per heavy atom. The Labute approximate surface area is 118 Å². The number of carbonyl (C=O) groups is 1. The number of hydrogen-bond donors (Lipinski definition) is 1. The Bertz CT molecular complexity index is 293. The maximum atomic E-state index is 12.5. The van der Waals surface area contributed by atoms with E-state index in [1.54, 1.807) is 0 Å². The van der Waals surface area contributed by atoms with Crippen molar-refractivity contribution in [2.75, 3.05) is 6.54 Å². The van der Waals surface area contributed by atoms with Gasteiger partial charge in [-0.2, -0.15) is 0 Å². The normalized spacial score (nSPS) is 31.2. The minimum Gasteiger partial charge on any atom is -0.340 e. The third-order valence-electron chi connectivity index (χ3n) is 4.89. The smallest absolute Gasteiger partial charge is 0.223 e. The van der Waals surface area contributed by atoms with Crippen LogP contribution in [0.2, 0.25) is 0 Å². The van der Waals surface area contributed by atoms with Crippen molar-refractivity contribution in [3.63, 3.8) is 0 Å². The molecule has 110 valence electrons. The molecule has 3 unspecified atom stereocenters. The maximum Gasteiger partial charge on any atom is 0.223 e. The molecule has 2 aliphatic rings. The zero-order chi connectivity index (χ0) is 13.8. The van der Waals surface area contributed by atoms with Gasteiger partial charge in [-0.05, 0) is 38.0 Å². The van der Waals surface area contributed by atoms with Crippen molar-refractivity contribution in [2.24, 2.45) is 5.92 Å². The summed E-state index contributed by atoms with van der Waals surface area (Å²) in [6.07, 6.45) is 7.86. The van der Waals surface area contributed by atoms with Crippen LogP contribution in [-0.4, -0.2) is 35.5 Å². The zero-order valence-corrected chi connectivity index (χ0v) is 12.8. The van der Waals surface area contributed by atoms with Crippen molar-refractivity contribution in [1.29, 1.82) is 0 Å². The van der Waals surface area contributed by atoms with Crippen LogP contribution < -0.4 is 5.32 Å². The SMILES string of the molecule is CCCN(C(=O)CC(C)CC)C1CC2CCC(C1)N2. The average Bonchev–Trinajstić information content (AvgIpc) is 2.74. The standard InChI is InChI=1S/C16H30N2O/c1-4-8-18(16(19)9-12(3)5-2)15-10-13-6-7-14(11-15)17-13/h12-15,17H,4-11H2,1-3H3. The van der Waals surface area contributed by atoms with Crippen LogP contribution in [0.5, 0.6) is 0 Å². The van der Waals surface area contributed by atoms with Gasteiger partial charge < -0.3 is 10.2 Å². The number of nitrogens with zero attached hydrogens (tertiary/aromatic N) is 1. The summed E-state index contributed by atoms with van der Waals surface area (Å²) in [7, 11) is 0. The molecule has 0 aromatic carbocycles. The van der Waals surface area contributed by atoms with E-state index in [-0.39, 0.29) is 0 Å². The van der Waals surface area contributed by atoms with Crippen LogP contribution in [0.3, 0.4) is 0 Å². The first-order valence-electron chi connectivity index (χ1n) is 8.19. The highest BCUT2D eigenvalue weighted by Gasteiger charge is 2.37. The first kappa shape index (κ1) is 14.8. The lowest BCUT2D eigenvalue weighted by molar-refractivity contribution is -0.135. The number of nitrogens with one attached hydrogen (secondary N) is 1. The average molecular weight is 266 g/mol. The van der Waals surface area contributed by atoms with E-state index in [4.69, 9.17) is 0 Å². The van der Waals surface area contributed by atoms with Gasteiger partial charge in [-0.1, -0.05) is 27.2 Å². The second-order valence-electron chi connectivity index (χ2n) is 6.57. The summed E-state index contributed by atoms with van der Waals surface area (Å²) < 4.78 is 0. The molecular formula is C16H30N2O. The molecular weight excluding hydrogens is 236 g/mol. The van der Waals surface area contributed by atoms with Gasteiger partial charge in [0.25, 0.3) is 0 Å². The molecule has 3 heteroatoms. The molecule has 1 amide bonds. The number of fused-ring (bicyclic) bond motifs is 2. The molecule has 2 heterocycles. The van der Waals surface area contributed by atoms with Crippen molar-refractivity contribution >= 4 is 5.91 Å². The van der Waals surface area contributed by atoms with E-state index in [1.807, 2.05) is 0 Å². The largest absolute Gasteiger partial charge is 0.340 e. The van der Waals surface area contributed by atoms with E-state index in [9.17, 15) is 4.79 Å². The topological polar surface area (TPSA) is 32.3 Å². The van der Waals surface area contributed by atoms with Crippen LogP contribution in [0.4, 0.5) is 0 Å². The maximum absolute atomic E-state index is 12.5. The number of rotatable bonds is 6. The first-order chi connectivity index (χ1) is 9.13. The minimum atomic E-state index is 0.391. The Kier molecular flexibility index (Phi) is 5.26. The van der Waals surface area contributed by atoms with Crippen molar-refractivity contribution in [2.45, 2.75) is 83.8 Å². The van der Waals surface area contributed by atoms with Gasteiger partial charge in [0.05, 0.1) is 0 Å². The van der Waals surface area contributed by atoms with Crippen LogP contribution in [-0.2, 0) is 4.79 Å². The summed E-state index contributed by atoms with van der Waals surface area (Å²) in [5, 5.41) is 3.67. The molecule has 0 spiro atoms. The Morgan fingerprint density at radius 1 is 1.26 bits per heavy atom. The second-order valence-corrected chi connectivity index (χ2v) is 6.57. The van der Waals surface area contributed by atoms with Gasteiger partial charge in [0.1, 0.15) is 0 Å². The number of amides is 1. The summed E-state index contributed by atoms with van der Waals surface area (Å²) in [5.74, 6) is 0.910. The van der Waals surface area contributed by atoms with E-state index >= 15 is 0 Å². The van der Waals surface area contributed by atoms with Crippen molar-refractivity contribution < 1.29 is 4.79 Å². The lowest BCUT2D eigenvalue weighted by atomic mass is 9.96. The third-order valence-corrected chi connectivity index (χ3v) is 4.89. The quantitative estimate of drug-likeness (QED) is 0.801. The molecule has 2 aliphatic heterocycles. The fourth-order valence-electron chi connectivity index (χ4n) is 3.59. The lowest BCUT2D eigenvalue weighted by Crippen LogP contribution is -2.50. The van der Waals surface area contributed by atoms with Gasteiger partial charge in [0.2, 0.25) is 5.91 Å². The molecule has 19 heavy (non-hydrogen) atoms. The molecule has 3 nitrogen and oxygen atoms in total. The van der Waals surface area contributed by atoms with E-state index in [0.717, 1.165) is 25.8 Å². The van der Waals surface area contributed by atoms with Crippen molar-refractivity contribution in [1.82, 2.24) is 10.2 Å². The summed E-state index contributed by atoms with van der Waals surface area (Å²) in [6.45, 7) is 7.49.